The Bertz CT molecular complexity index is 801. The number of benzene rings is 2. The predicted octanol–water partition coefficient (Wildman–Crippen LogP) is 8.40. The molecule has 0 saturated heterocycles. The van der Waals surface area contributed by atoms with Gasteiger partial charge in [0.2, 0.25) is 0 Å². The van der Waals surface area contributed by atoms with Crippen molar-refractivity contribution in [2.24, 2.45) is 11.8 Å². The first-order valence-corrected chi connectivity index (χ1v) is 13.2. The summed E-state index contributed by atoms with van der Waals surface area (Å²) >= 11 is 0. The molecule has 0 aromatic heterocycles. The lowest BCUT2D eigenvalue weighted by molar-refractivity contribution is 0.0734. The van der Waals surface area contributed by atoms with Crippen molar-refractivity contribution in [1.29, 1.82) is 0 Å². The third kappa shape index (κ3) is 8.87. The normalized spacial score (nSPS) is 18.1. The van der Waals surface area contributed by atoms with E-state index >= 15 is 0 Å². The second-order valence-corrected chi connectivity index (χ2v) is 9.68. The maximum Gasteiger partial charge on any atom is 0.343 e. The van der Waals surface area contributed by atoms with Crippen LogP contribution in [-0.4, -0.2) is 12.6 Å². The molecule has 0 unspecified atom stereocenters. The van der Waals surface area contributed by atoms with Gasteiger partial charge < -0.3 is 9.47 Å². The lowest BCUT2D eigenvalue weighted by Crippen LogP contribution is -2.15. The smallest absolute Gasteiger partial charge is 0.343 e. The molecule has 0 heterocycles. The first kappa shape index (κ1) is 25.3. The summed E-state index contributed by atoms with van der Waals surface area (Å²) in [4.78, 5) is 12.5. The van der Waals surface area contributed by atoms with Crippen LogP contribution >= 0.6 is 0 Å². The fourth-order valence-electron chi connectivity index (χ4n) is 4.88. The number of hydrogen-bond donors (Lipinski definition) is 0. The molecule has 3 heteroatoms. The minimum absolute atomic E-state index is 0.332. The van der Waals surface area contributed by atoms with Crippen LogP contribution in [0.1, 0.15) is 100 Å². The lowest BCUT2D eigenvalue weighted by Gasteiger charge is -2.28. The fourth-order valence-corrected chi connectivity index (χ4v) is 4.88. The molecule has 0 atom stereocenters. The highest BCUT2D eigenvalue weighted by Crippen LogP contribution is 2.34. The van der Waals surface area contributed by atoms with Gasteiger partial charge in [-0.15, -0.1) is 0 Å². The van der Waals surface area contributed by atoms with Crippen molar-refractivity contribution < 1.29 is 14.3 Å². The molecule has 1 saturated carbocycles. The van der Waals surface area contributed by atoms with E-state index in [0.717, 1.165) is 37.0 Å². The van der Waals surface area contributed by atoms with Gasteiger partial charge in [0.15, 0.2) is 0 Å². The third-order valence-electron chi connectivity index (χ3n) is 7.00. The summed E-state index contributed by atoms with van der Waals surface area (Å²) in [6.45, 7) is 5.22. The van der Waals surface area contributed by atoms with Crippen LogP contribution < -0.4 is 9.47 Å². The maximum absolute atomic E-state index is 12.5. The zero-order valence-corrected chi connectivity index (χ0v) is 20.7. The Morgan fingerprint density at radius 3 is 2.03 bits per heavy atom. The first-order valence-electron chi connectivity index (χ1n) is 13.2. The Labute approximate surface area is 200 Å². The van der Waals surface area contributed by atoms with Gasteiger partial charge in [0.25, 0.3) is 0 Å². The van der Waals surface area contributed by atoms with E-state index < -0.39 is 0 Å². The monoisotopic (exact) mass is 450 g/mol. The fraction of sp³-hybridized carbons (Fsp3) is 0.567. The van der Waals surface area contributed by atoms with E-state index in [-0.39, 0.29) is 5.97 Å². The second kappa shape index (κ2) is 14.1. The van der Waals surface area contributed by atoms with Crippen LogP contribution in [0.2, 0.25) is 0 Å². The van der Waals surface area contributed by atoms with Crippen molar-refractivity contribution >= 4 is 5.97 Å². The van der Waals surface area contributed by atoms with Crippen molar-refractivity contribution in [3.63, 3.8) is 0 Å². The standard InChI is InChI=1S/C30H42O3/c1-3-5-6-7-23-32-28-21-17-27(18-22-28)30(31)33-29-19-15-26(16-20-29)14-13-25-11-9-24(8-4-2)10-12-25/h15-22,24-25H,3-14,23H2,1-2H3. The van der Waals surface area contributed by atoms with E-state index in [2.05, 4.69) is 26.0 Å². The van der Waals surface area contributed by atoms with Gasteiger partial charge >= 0.3 is 5.97 Å². The van der Waals surface area contributed by atoms with Crippen LogP contribution in [0.5, 0.6) is 11.5 Å². The minimum Gasteiger partial charge on any atom is -0.494 e. The van der Waals surface area contributed by atoms with E-state index in [1.54, 1.807) is 12.1 Å². The summed E-state index contributed by atoms with van der Waals surface area (Å²) in [6.07, 6.45) is 15.4. The molecular weight excluding hydrogens is 408 g/mol. The van der Waals surface area contributed by atoms with Crippen molar-refractivity contribution in [2.45, 2.75) is 90.9 Å². The number of ether oxygens (including phenoxy) is 2. The van der Waals surface area contributed by atoms with Crippen LogP contribution in [0.15, 0.2) is 48.5 Å². The number of carbonyl (C=O) groups excluding carboxylic acids is 1. The molecule has 180 valence electrons. The van der Waals surface area contributed by atoms with Gasteiger partial charge in [-0.3, -0.25) is 0 Å². The Morgan fingerprint density at radius 1 is 0.758 bits per heavy atom. The topological polar surface area (TPSA) is 35.5 Å². The average molecular weight is 451 g/mol. The molecule has 0 N–H and O–H groups in total. The Balaban J connectivity index is 1.39. The van der Waals surface area contributed by atoms with Crippen molar-refractivity contribution in [3.05, 3.63) is 59.7 Å². The molecule has 0 aliphatic heterocycles. The summed E-state index contributed by atoms with van der Waals surface area (Å²) < 4.78 is 11.3. The van der Waals surface area contributed by atoms with Gasteiger partial charge in [0, 0.05) is 0 Å². The summed E-state index contributed by atoms with van der Waals surface area (Å²) in [7, 11) is 0. The number of aryl methyl sites for hydroxylation is 1. The van der Waals surface area contributed by atoms with E-state index in [1.165, 1.54) is 69.8 Å². The van der Waals surface area contributed by atoms with Crippen LogP contribution in [0.25, 0.3) is 0 Å². The van der Waals surface area contributed by atoms with E-state index in [0.29, 0.717) is 11.3 Å². The Morgan fingerprint density at radius 2 is 1.39 bits per heavy atom. The first-order chi connectivity index (χ1) is 16.2. The lowest BCUT2D eigenvalue weighted by atomic mass is 9.78. The summed E-state index contributed by atoms with van der Waals surface area (Å²) in [5.74, 6) is 2.91. The number of hydrogen-bond acceptors (Lipinski definition) is 3. The molecule has 0 radical (unpaired) electrons. The predicted molar refractivity (Wildman–Crippen MR) is 136 cm³/mol. The average Bonchev–Trinajstić information content (AvgIpc) is 2.85. The van der Waals surface area contributed by atoms with Gasteiger partial charge in [-0.1, -0.05) is 83.8 Å². The molecule has 0 amide bonds. The van der Waals surface area contributed by atoms with E-state index in [9.17, 15) is 4.79 Å². The van der Waals surface area contributed by atoms with Crippen LogP contribution in [0, 0.1) is 11.8 Å². The van der Waals surface area contributed by atoms with Gasteiger partial charge in [-0.05, 0) is 73.1 Å². The molecule has 3 nitrogen and oxygen atoms in total. The second-order valence-electron chi connectivity index (χ2n) is 9.68. The quantitative estimate of drug-likeness (QED) is 0.175. The van der Waals surface area contributed by atoms with Crippen LogP contribution in [-0.2, 0) is 6.42 Å². The van der Waals surface area contributed by atoms with Crippen LogP contribution in [0.4, 0.5) is 0 Å². The molecule has 2 aromatic carbocycles. The molecule has 1 aliphatic rings. The highest BCUT2D eigenvalue weighted by Gasteiger charge is 2.20. The Hall–Kier alpha value is -2.29. The largest absolute Gasteiger partial charge is 0.494 e. The molecule has 1 aliphatic carbocycles. The highest BCUT2D eigenvalue weighted by atomic mass is 16.5. The Kier molecular flexibility index (Phi) is 10.8. The van der Waals surface area contributed by atoms with E-state index in [1.807, 2.05) is 24.3 Å². The summed E-state index contributed by atoms with van der Waals surface area (Å²) in [6, 6.07) is 15.3. The zero-order valence-electron chi connectivity index (χ0n) is 20.7. The van der Waals surface area contributed by atoms with Crippen LogP contribution in [0.3, 0.4) is 0 Å². The number of unbranched alkanes of at least 4 members (excludes halogenated alkanes) is 3. The number of esters is 1. The third-order valence-corrected chi connectivity index (χ3v) is 7.00. The van der Waals surface area contributed by atoms with E-state index in [4.69, 9.17) is 9.47 Å². The van der Waals surface area contributed by atoms with Crippen molar-refractivity contribution in [2.75, 3.05) is 6.61 Å². The van der Waals surface area contributed by atoms with Gasteiger partial charge in [-0.2, -0.15) is 0 Å². The van der Waals surface area contributed by atoms with Gasteiger partial charge in [0.1, 0.15) is 11.5 Å². The highest BCUT2D eigenvalue weighted by molar-refractivity contribution is 5.91. The van der Waals surface area contributed by atoms with Crippen molar-refractivity contribution in [1.82, 2.24) is 0 Å². The maximum atomic E-state index is 12.5. The molecule has 2 aromatic rings. The summed E-state index contributed by atoms with van der Waals surface area (Å²) in [5, 5.41) is 0. The molecular formula is C30H42O3. The zero-order chi connectivity index (χ0) is 23.3. The molecule has 0 bridgehead atoms. The molecule has 33 heavy (non-hydrogen) atoms. The van der Waals surface area contributed by atoms with Gasteiger partial charge in [-0.25, -0.2) is 4.79 Å². The van der Waals surface area contributed by atoms with Gasteiger partial charge in [0.05, 0.1) is 12.2 Å². The number of rotatable bonds is 13. The summed E-state index contributed by atoms with van der Waals surface area (Å²) in [5.41, 5.74) is 1.86. The van der Waals surface area contributed by atoms with Crippen molar-refractivity contribution in [3.8, 4) is 11.5 Å². The molecule has 0 spiro atoms. The SMILES string of the molecule is CCCCCCOc1ccc(C(=O)Oc2ccc(CCC3CCC(CCC)CC3)cc2)cc1. The number of carbonyl (C=O) groups is 1. The molecule has 1 fully saturated rings. The molecule has 3 rings (SSSR count). The minimum atomic E-state index is -0.332.